The number of rotatable bonds is 2. The monoisotopic (exact) mass is 189 g/mol. The number of aliphatic hydroxyl groups excluding tert-OH is 1. The fourth-order valence-electron chi connectivity index (χ4n) is 1.33. The third-order valence-electron chi connectivity index (χ3n) is 2.28. The number of nitrogens with zero attached hydrogens (tertiary/aromatic N) is 1. The fraction of sp³-hybridized carbons (Fsp3) is 0.714. The van der Waals surface area contributed by atoms with E-state index in [9.17, 15) is 9.59 Å². The lowest BCUT2D eigenvalue weighted by atomic mass is 9.93. The maximum atomic E-state index is 11.1. The summed E-state index contributed by atoms with van der Waals surface area (Å²) < 4.78 is 0. The highest BCUT2D eigenvalue weighted by molar-refractivity contribution is 5.85. The van der Waals surface area contributed by atoms with Crippen LogP contribution in [0.25, 0.3) is 0 Å². The molecule has 0 aromatic carbocycles. The van der Waals surface area contributed by atoms with Crippen LogP contribution >= 0.6 is 0 Å². The predicted octanol–water partition coefficient (Wildman–Crippen LogP) is -0.737. The van der Waals surface area contributed by atoms with Gasteiger partial charge in [-0.15, -0.1) is 0 Å². The topological polar surface area (TPSA) is 98.1 Å². The van der Waals surface area contributed by atoms with Crippen LogP contribution < -0.4 is 0 Å². The molecule has 0 aromatic heterocycles. The number of amides is 1. The molecule has 74 valence electrons. The summed E-state index contributed by atoms with van der Waals surface area (Å²) in [6, 6.07) is 0. The van der Waals surface area contributed by atoms with Gasteiger partial charge in [-0.25, -0.2) is 0 Å². The number of hydroxylamine groups is 2. The molecule has 1 saturated heterocycles. The molecule has 1 aliphatic rings. The van der Waals surface area contributed by atoms with Crippen molar-refractivity contribution in [1.82, 2.24) is 5.06 Å². The number of aliphatic carboxylic acids is 1. The largest absolute Gasteiger partial charge is 0.481 e. The SMILES string of the molecule is CC(C(=O)O)C1CC(O)N(O)C1=O. The van der Waals surface area contributed by atoms with Crippen molar-refractivity contribution < 1.29 is 25.0 Å². The normalized spacial score (nSPS) is 30.7. The first-order valence-electron chi connectivity index (χ1n) is 3.88. The van der Waals surface area contributed by atoms with Crippen LogP contribution in [0.4, 0.5) is 0 Å². The number of carboxylic acids is 1. The van der Waals surface area contributed by atoms with Crippen LogP contribution in [0.5, 0.6) is 0 Å². The summed E-state index contributed by atoms with van der Waals surface area (Å²) in [7, 11) is 0. The van der Waals surface area contributed by atoms with Crippen molar-refractivity contribution in [3.8, 4) is 0 Å². The Morgan fingerprint density at radius 3 is 2.54 bits per heavy atom. The summed E-state index contributed by atoms with van der Waals surface area (Å²) in [6.45, 7) is 1.37. The third kappa shape index (κ3) is 1.63. The predicted molar refractivity (Wildman–Crippen MR) is 39.5 cm³/mol. The zero-order chi connectivity index (χ0) is 10.2. The molecular weight excluding hydrogens is 178 g/mol. The van der Waals surface area contributed by atoms with Crippen LogP contribution in [-0.4, -0.2) is 38.6 Å². The molecule has 6 heteroatoms. The van der Waals surface area contributed by atoms with Gasteiger partial charge in [0, 0.05) is 6.42 Å². The average Bonchev–Trinajstić information content (AvgIpc) is 2.31. The number of carbonyl (C=O) groups is 2. The number of carboxylic acid groups (broad SMARTS) is 1. The van der Waals surface area contributed by atoms with Crippen LogP contribution in [0.15, 0.2) is 0 Å². The number of carbonyl (C=O) groups excluding carboxylic acids is 1. The minimum absolute atomic E-state index is 0.0389. The van der Waals surface area contributed by atoms with Gasteiger partial charge in [0.25, 0.3) is 5.91 Å². The molecule has 3 N–H and O–H groups in total. The molecular formula is C7H11NO5. The van der Waals surface area contributed by atoms with Gasteiger partial charge in [-0.05, 0) is 0 Å². The van der Waals surface area contributed by atoms with E-state index in [2.05, 4.69) is 0 Å². The van der Waals surface area contributed by atoms with Crippen LogP contribution in [0.2, 0.25) is 0 Å². The van der Waals surface area contributed by atoms with Gasteiger partial charge < -0.3 is 10.2 Å². The Morgan fingerprint density at radius 1 is 1.69 bits per heavy atom. The summed E-state index contributed by atoms with van der Waals surface area (Å²) >= 11 is 0. The zero-order valence-electron chi connectivity index (χ0n) is 7.04. The zero-order valence-corrected chi connectivity index (χ0v) is 7.04. The first kappa shape index (κ1) is 9.94. The van der Waals surface area contributed by atoms with E-state index in [-0.39, 0.29) is 11.5 Å². The van der Waals surface area contributed by atoms with Crippen molar-refractivity contribution in [2.45, 2.75) is 19.6 Å². The van der Waals surface area contributed by atoms with E-state index in [1.165, 1.54) is 6.92 Å². The van der Waals surface area contributed by atoms with Gasteiger partial charge in [0.15, 0.2) is 6.23 Å². The standard InChI is InChI=1S/C7H11NO5/c1-3(7(11)12)4-2-5(9)8(13)6(4)10/h3-5,9,13H,2H2,1H3,(H,11,12). The lowest BCUT2D eigenvalue weighted by Gasteiger charge is -2.12. The Labute approximate surface area is 74.3 Å². The van der Waals surface area contributed by atoms with Gasteiger partial charge in [0.2, 0.25) is 0 Å². The molecule has 0 bridgehead atoms. The molecule has 3 atom stereocenters. The molecule has 1 amide bonds. The Bertz CT molecular complexity index is 241. The van der Waals surface area contributed by atoms with Crippen LogP contribution in [0, 0.1) is 11.8 Å². The van der Waals surface area contributed by atoms with E-state index in [1.54, 1.807) is 0 Å². The number of hydrogen-bond acceptors (Lipinski definition) is 4. The molecule has 1 rings (SSSR count). The second kappa shape index (κ2) is 3.31. The van der Waals surface area contributed by atoms with Crippen molar-refractivity contribution in [1.29, 1.82) is 0 Å². The van der Waals surface area contributed by atoms with Crippen molar-refractivity contribution in [2.24, 2.45) is 11.8 Å². The first-order chi connectivity index (χ1) is 5.95. The lowest BCUT2D eigenvalue weighted by molar-refractivity contribution is -0.191. The Balaban J connectivity index is 2.74. The molecule has 1 fully saturated rings. The van der Waals surface area contributed by atoms with Gasteiger partial charge in [-0.1, -0.05) is 6.92 Å². The maximum Gasteiger partial charge on any atom is 0.307 e. The lowest BCUT2D eigenvalue weighted by Crippen LogP contribution is -2.32. The molecule has 0 radical (unpaired) electrons. The number of aliphatic hydroxyl groups is 1. The van der Waals surface area contributed by atoms with Gasteiger partial charge in [-0.2, -0.15) is 5.06 Å². The third-order valence-corrected chi connectivity index (χ3v) is 2.28. The van der Waals surface area contributed by atoms with Gasteiger partial charge in [0.1, 0.15) is 0 Å². The van der Waals surface area contributed by atoms with Crippen LogP contribution in [-0.2, 0) is 9.59 Å². The Kier molecular flexibility index (Phi) is 2.53. The van der Waals surface area contributed by atoms with E-state index >= 15 is 0 Å². The molecule has 0 aliphatic carbocycles. The molecule has 13 heavy (non-hydrogen) atoms. The minimum atomic E-state index is -1.28. The number of hydrogen-bond donors (Lipinski definition) is 3. The van der Waals surface area contributed by atoms with E-state index in [4.69, 9.17) is 15.4 Å². The van der Waals surface area contributed by atoms with E-state index < -0.39 is 29.9 Å². The molecule has 3 unspecified atom stereocenters. The molecule has 6 nitrogen and oxygen atoms in total. The van der Waals surface area contributed by atoms with E-state index in [0.717, 1.165) is 0 Å². The summed E-state index contributed by atoms with van der Waals surface area (Å²) in [6.07, 6.45) is -1.32. The molecule has 0 aromatic rings. The minimum Gasteiger partial charge on any atom is -0.481 e. The Hall–Kier alpha value is -1.14. The second-order valence-corrected chi connectivity index (χ2v) is 3.13. The highest BCUT2D eigenvalue weighted by Crippen LogP contribution is 2.27. The summed E-state index contributed by atoms with van der Waals surface area (Å²) in [5.41, 5.74) is 0. The Morgan fingerprint density at radius 2 is 2.23 bits per heavy atom. The second-order valence-electron chi connectivity index (χ2n) is 3.13. The van der Waals surface area contributed by atoms with E-state index in [1.807, 2.05) is 0 Å². The van der Waals surface area contributed by atoms with Crippen LogP contribution in [0.3, 0.4) is 0 Å². The summed E-state index contributed by atoms with van der Waals surface area (Å²) in [5, 5.41) is 26.7. The summed E-state index contributed by atoms with van der Waals surface area (Å²) in [5.74, 6) is -3.57. The highest BCUT2D eigenvalue weighted by atomic mass is 16.5. The van der Waals surface area contributed by atoms with Crippen molar-refractivity contribution in [3.63, 3.8) is 0 Å². The molecule has 0 spiro atoms. The van der Waals surface area contributed by atoms with Crippen molar-refractivity contribution in [3.05, 3.63) is 0 Å². The van der Waals surface area contributed by atoms with Crippen molar-refractivity contribution >= 4 is 11.9 Å². The van der Waals surface area contributed by atoms with Gasteiger partial charge in [0.05, 0.1) is 11.8 Å². The molecule has 1 heterocycles. The first-order valence-corrected chi connectivity index (χ1v) is 3.88. The van der Waals surface area contributed by atoms with Gasteiger partial charge in [-0.3, -0.25) is 14.8 Å². The fourth-order valence-corrected chi connectivity index (χ4v) is 1.33. The van der Waals surface area contributed by atoms with Crippen molar-refractivity contribution in [2.75, 3.05) is 0 Å². The summed E-state index contributed by atoms with van der Waals surface area (Å²) in [4.78, 5) is 21.6. The smallest absolute Gasteiger partial charge is 0.307 e. The van der Waals surface area contributed by atoms with Gasteiger partial charge >= 0.3 is 5.97 Å². The maximum absolute atomic E-state index is 11.1. The average molecular weight is 189 g/mol. The van der Waals surface area contributed by atoms with Crippen LogP contribution in [0.1, 0.15) is 13.3 Å². The molecule has 0 saturated carbocycles. The molecule has 1 aliphatic heterocycles. The quantitative estimate of drug-likeness (QED) is 0.497. The highest BCUT2D eigenvalue weighted by Gasteiger charge is 2.43. The van der Waals surface area contributed by atoms with E-state index in [0.29, 0.717) is 0 Å².